The molecule has 1 saturated heterocycles. The van der Waals surface area contributed by atoms with Gasteiger partial charge in [0.2, 0.25) is 0 Å². The van der Waals surface area contributed by atoms with Crippen molar-refractivity contribution in [2.75, 3.05) is 6.61 Å². The van der Waals surface area contributed by atoms with Gasteiger partial charge < -0.3 is 9.47 Å². The molecule has 0 bridgehead atoms. The van der Waals surface area contributed by atoms with E-state index >= 15 is 0 Å². The van der Waals surface area contributed by atoms with Crippen molar-refractivity contribution in [1.82, 2.24) is 0 Å². The SMILES string of the molecule is CCC1(C(C)C)OC(=O)C(C(=O)OCC(F)(F)F)C1C. The first-order valence-corrected chi connectivity index (χ1v) is 6.51. The highest BCUT2D eigenvalue weighted by molar-refractivity contribution is 5.97. The molecule has 1 aliphatic rings. The Kier molecular flexibility index (Phi) is 4.71. The Morgan fingerprint density at radius 1 is 1.45 bits per heavy atom. The zero-order valence-corrected chi connectivity index (χ0v) is 11.9. The van der Waals surface area contributed by atoms with Crippen molar-refractivity contribution >= 4 is 11.9 Å². The van der Waals surface area contributed by atoms with E-state index < -0.39 is 42.2 Å². The molecule has 0 aromatic carbocycles. The van der Waals surface area contributed by atoms with E-state index in [1.165, 1.54) is 0 Å². The average Bonchev–Trinajstić information content (AvgIpc) is 2.58. The average molecular weight is 296 g/mol. The van der Waals surface area contributed by atoms with Crippen LogP contribution < -0.4 is 0 Å². The van der Waals surface area contributed by atoms with Crippen molar-refractivity contribution in [3.05, 3.63) is 0 Å². The second-order valence-electron chi connectivity index (χ2n) is 5.37. The van der Waals surface area contributed by atoms with Crippen LogP contribution in [0.25, 0.3) is 0 Å². The van der Waals surface area contributed by atoms with Crippen LogP contribution in [-0.2, 0) is 19.1 Å². The normalized spacial score (nSPS) is 30.5. The summed E-state index contributed by atoms with van der Waals surface area (Å²) in [4.78, 5) is 23.5. The zero-order chi connectivity index (χ0) is 15.7. The maximum Gasteiger partial charge on any atom is 0.422 e. The largest absolute Gasteiger partial charge is 0.458 e. The number of hydrogen-bond donors (Lipinski definition) is 0. The van der Waals surface area contributed by atoms with Gasteiger partial charge in [-0.1, -0.05) is 27.7 Å². The lowest BCUT2D eigenvalue weighted by molar-refractivity contribution is -0.190. The van der Waals surface area contributed by atoms with Gasteiger partial charge in [0.1, 0.15) is 5.60 Å². The molecule has 0 saturated carbocycles. The van der Waals surface area contributed by atoms with E-state index in [2.05, 4.69) is 4.74 Å². The fourth-order valence-corrected chi connectivity index (χ4v) is 2.82. The number of ether oxygens (including phenoxy) is 2. The van der Waals surface area contributed by atoms with Gasteiger partial charge in [-0.3, -0.25) is 9.59 Å². The highest BCUT2D eigenvalue weighted by Gasteiger charge is 2.57. The first-order chi connectivity index (χ1) is 9.05. The Morgan fingerprint density at radius 3 is 2.35 bits per heavy atom. The van der Waals surface area contributed by atoms with Crippen molar-refractivity contribution in [2.24, 2.45) is 17.8 Å². The summed E-state index contributed by atoms with van der Waals surface area (Å²) in [5.41, 5.74) is -0.834. The third-order valence-electron chi connectivity index (χ3n) is 3.98. The Labute approximate surface area is 115 Å². The molecule has 0 aromatic heterocycles. The molecule has 1 fully saturated rings. The lowest BCUT2D eigenvalue weighted by Crippen LogP contribution is -2.41. The summed E-state index contributed by atoms with van der Waals surface area (Å²) in [6, 6.07) is 0. The van der Waals surface area contributed by atoms with Gasteiger partial charge in [-0.15, -0.1) is 0 Å². The van der Waals surface area contributed by atoms with Crippen molar-refractivity contribution in [1.29, 1.82) is 0 Å². The molecule has 0 radical (unpaired) electrons. The molecule has 3 unspecified atom stereocenters. The number of carbonyl (C=O) groups is 2. The summed E-state index contributed by atoms with van der Waals surface area (Å²) in [5.74, 6) is -3.84. The van der Waals surface area contributed by atoms with Crippen LogP contribution in [0.4, 0.5) is 13.2 Å². The molecule has 0 amide bonds. The lowest BCUT2D eigenvalue weighted by atomic mass is 9.74. The van der Waals surface area contributed by atoms with Crippen molar-refractivity contribution < 1.29 is 32.2 Å². The zero-order valence-electron chi connectivity index (χ0n) is 11.9. The lowest BCUT2D eigenvalue weighted by Gasteiger charge is -2.35. The van der Waals surface area contributed by atoms with Gasteiger partial charge in [0.05, 0.1) is 0 Å². The van der Waals surface area contributed by atoms with E-state index in [0.717, 1.165) is 0 Å². The van der Waals surface area contributed by atoms with Crippen LogP contribution in [0.5, 0.6) is 0 Å². The molecule has 116 valence electrons. The van der Waals surface area contributed by atoms with E-state index in [1.807, 2.05) is 20.8 Å². The second-order valence-corrected chi connectivity index (χ2v) is 5.37. The molecular formula is C13H19F3O4. The molecule has 0 aromatic rings. The Balaban J connectivity index is 2.87. The van der Waals surface area contributed by atoms with Gasteiger partial charge in [0.15, 0.2) is 12.5 Å². The predicted octanol–water partition coefficient (Wildman–Crippen LogP) is 2.71. The number of cyclic esters (lactones) is 1. The maximum absolute atomic E-state index is 12.1. The first-order valence-electron chi connectivity index (χ1n) is 6.51. The van der Waals surface area contributed by atoms with Crippen LogP contribution in [0.2, 0.25) is 0 Å². The summed E-state index contributed by atoms with van der Waals surface area (Å²) in [6.07, 6.45) is -4.12. The molecule has 0 spiro atoms. The van der Waals surface area contributed by atoms with E-state index in [9.17, 15) is 22.8 Å². The highest BCUT2D eigenvalue weighted by atomic mass is 19.4. The summed E-state index contributed by atoms with van der Waals surface area (Å²) in [5, 5.41) is 0. The first kappa shape index (κ1) is 16.8. The monoisotopic (exact) mass is 296 g/mol. The summed E-state index contributed by atoms with van der Waals surface area (Å²) in [7, 11) is 0. The van der Waals surface area contributed by atoms with Gasteiger partial charge >= 0.3 is 18.1 Å². The fourth-order valence-electron chi connectivity index (χ4n) is 2.82. The summed E-state index contributed by atoms with van der Waals surface area (Å²) in [6.45, 7) is 5.44. The Bertz CT molecular complexity index is 392. The fraction of sp³-hybridized carbons (Fsp3) is 0.846. The van der Waals surface area contributed by atoms with Gasteiger partial charge in [-0.2, -0.15) is 13.2 Å². The van der Waals surface area contributed by atoms with E-state index in [-0.39, 0.29) is 5.92 Å². The molecule has 0 aliphatic carbocycles. The van der Waals surface area contributed by atoms with Crippen molar-refractivity contribution in [3.63, 3.8) is 0 Å². The summed E-state index contributed by atoms with van der Waals surface area (Å²) >= 11 is 0. The van der Waals surface area contributed by atoms with Gasteiger partial charge in [-0.05, 0) is 12.3 Å². The smallest absolute Gasteiger partial charge is 0.422 e. The number of esters is 2. The molecule has 1 heterocycles. The van der Waals surface area contributed by atoms with Crippen LogP contribution >= 0.6 is 0 Å². The molecule has 7 heteroatoms. The minimum atomic E-state index is -4.61. The minimum Gasteiger partial charge on any atom is -0.458 e. The highest BCUT2D eigenvalue weighted by Crippen LogP contribution is 2.45. The number of hydrogen-bond acceptors (Lipinski definition) is 4. The van der Waals surface area contributed by atoms with Crippen LogP contribution in [0.1, 0.15) is 34.1 Å². The van der Waals surface area contributed by atoms with Crippen LogP contribution in [0, 0.1) is 17.8 Å². The molecule has 0 N–H and O–H groups in total. The molecule has 20 heavy (non-hydrogen) atoms. The third-order valence-corrected chi connectivity index (χ3v) is 3.98. The van der Waals surface area contributed by atoms with E-state index in [1.54, 1.807) is 6.92 Å². The van der Waals surface area contributed by atoms with Crippen molar-refractivity contribution in [3.8, 4) is 0 Å². The standard InChI is InChI=1S/C13H19F3O4/c1-5-12(7(2)3)8(4)9(11(18)20-12)10(17)19-6-13(14,15)16/h7-9H,5-6H2,1-4H3. The topological polar surface area (TPSA) is 52.6 Å². The van der Waals surface area contributed by atoms with Gasteiger partial charge in [0, 0.05) is 5.92 Å². The van der Waals surface area contributed by atoms with Crippen LogP contribution in [-0.4, -0.2) is 30.3 Å². The van der Waals surface area contributed by atoms with E-state index in [4.69, 9.17) is 4.74 Å². The second kappa shape index (κ2) is 5.61. The van der Waals surface area contributed by atoms with Crippen LogP contribution in [0.15, 0.2) is 0 Å². The number of halogens is 3. The molecular weight excluding hydrogens is 277 g/mol. The molecule has 1 rings (SSSR count). The van der Waals surface area contributed by atoms with Crippen LogP contribution in [0.3, 0.4) is 0 Å². The summed E-state index contributed by atoms with van der Waals surface area (Å²) < 4.78 is 45.7. The number of carbonyl (C=O) groups excluding carboxylic acids is 2. The Morgan fingerprint density at radius 2 is 2.00 bits per heavy atom. The predicted molar refractivity (Wildman–Crippen MR) is 63.6 cm³/mol. The maximum atomic E-state index is 12.1. The number of alkyl halides is 3. The van der Waals surface area contributed by atoms with Gasteiger partial charge in [0.25, 0.3) is 0 Å². The third kappa shape index (κ3) is 3.07. The molecule has 3 atom stereocenters. The number of rotatable bonds is 4. The molecule has 1 aliphatic heterocycles. The van der Waals surface area contributed by atoms with Crippen molar-refractivity contribution in [2.45, 2.75) is 45.9 Å². The minimum absolute atomic E-state index is 0.0492. The Hall–Kier alpha value is -1.27. The van der Waals surface area contributed by atoms with Gasteiger partial charge in [-0.25, -0.2) is 0 Å². The molecule has 4 nitrogen and oxygen atoms in total. The quantitative estimate of drug-likeness (QED) is 0.591. The van der Waals surface area contributed by atoms with E-state index in [0.29, 0.717) is 6.42 Å².